The second-order valence-corrected chi connectivity index (χ2v) is 6.03. The standard InChI is InChI=1S/C20H18FNO5/c1-22-17(11-4-7-13(26-2)8-5-11)16(19(24)20(22)25)18(23)14-10-12(21)6-9-15(14)27-3/h4-10,17,23H,1-3H3/b18-16+. The minimum absolute atomic E-state index is 0.00228. The predicted molar refractivity (Wildman–Crippen MR) is 96.0 cm³/mol. The van der Waals surface area contributed by atoms with Crippen LogP contribution in [0.5, 0.6) is 11.5 Å². The maximum absolute atomic E-state index is 13.7. The monoisotopic (exact) mass is 371 g/mol. The molecular formula is C20H18FNO5. The van der Waals surface area contributed by atoms with Gasteiger partial charge in [0, 0.05) is 7.05 Å². The van der Waals surface area contributed by atoms with E-state index in [0.29, 0.717) is 11.3 Å². The lowest BCUT2D eigenvalue weighted by Gasteiger charge is -2.21. The quantitative estimate of drug-likeness (QED) is 0.508. The van der Waals surface area contributed by atoms with Gasteiger partial charge in [0.05, 0.1) is 31.4 Å². The second kappa shape index (κ2) is 7.11. The highest BCUT2D eigenvalue weighted by Crippen LogP contribution is 2.40. The van der Waals surface area contributed by atoms with Gasteiger partial charge in [-0.2, -0.15) is 0 Å². The molecule has 7 heteroatoms. The van der Waals surface area contributed by atoms with E-state index in [1.165, 1.54) is 38.3 Å². The Hall–Kier alpha value is -3.35. The van der Waals surface area contributed by atoms with E-state index >= 15 is 0 Å². The number of nitrogens with zero attached hydrogens (tertiary/aromatic N) is 1. The fourth-order valence-electron chi connectivity index (χ4n) is 3.13. The first-order valence-corrected chi connectivity index (χ1v) is 8.11. The lowest BCUT2D eigenvalue weighted by molar-refractivity contribution is -0.139. The number of carbonyl (C=O) groups is 2. The first-order valence-electron chi connectivity index (χ1n) is 8.11. The van der Waals surface area contributed by atoms with Crippen LogP contribution in [0, 0.1) is 5.82 Å². The van der Waals surface area contributed by atoms with Gasteiger partial charge in [0.2, 0.25) is 0 Å². The summed E-state index contributed by atoms with van der Waals surface area (Å²) < 4.78 is 24.0. The molecule has 3 rings (SSSR count). The molecule has 1 atom stereocenters. The van der Waals surface area contributed by atoms with Crippen molar-refractivity contribution in [1.29, 1.82) is 0 Å². The third-order valence-corrected chi connectivity index (χ3v) is 4.52. The van der Waals surface area contributed by atoms with E-state index in [9.17, 15) is 19.1 Å². The number of hydrogen-bond donors (Lipinski definition) is 1. The molecule has 1 fully saturated rings. The molecule has 2 aromatic rings. The molecule has 0 spiro atoms. The Morgan fingerprint density at radius 2 is 1.74 bits per heavy atom. The van der Waals surface area contributed by atoms with Crippen molar-refractivity contribution < 1.29 is 28.6 Å². The summed E-state index contributed by atoms with van der Waals surface area (Å²) in [6.45, 7) is 0. The van der Waals surface area contributed by atoms with Crippen LogP contribution in [0.4, 0.5) is 4.39 Å². The van der Waals surface area contributed by atoms with Gasteiger partial charge in [0.15, 0.2) is 0 Å². The van der Waals surface area contributed by atoms with Crippen molar-refractivity contribution in [3.8, 4) is 11.5 Å². The van der Waals surface area contributed by atoms with Gasteiger partial charge < -0.3 is 19.5 Å². The number of aliphatic hydroxyl groups excluding tert-OH is 1. The van der Waals surface area contributed by atoms with Gasteiger partial charge in [-0.1, -0.05) is 12.1 Å². The fourth-order valence-corrected chi connectivity index (χ4v) is 3.13. The number of hydrogen-bond acceptors (Lipinski definition) is 5. The molecule has 0 saturated carbocycles. The molecule has 0 bridgehead atoms. The second-order valence-electron chi connectivity index (χ2n) is 6.03. The number of carbonyl (C=O) groups excluding carboxylic acids is 2. The fraction of sp³-hybridized carbons (Fsp3) is 0.200. The SMILES string of the molecule is COc1ccc(C2/C(=C(\O)c3cc(F)ccc3OC)C(=O)C(=O)N2C)cc1. The molecule has 1 amide bonds. The van der Waals surface area contributed by atoms with E-state index in [0.717, 1.165) is 6.07 Å². The van der Waals surface area contributed by atoms with E-state index in [4.69, 9.17) is 9.47 Å². The van der Waals surface area contributed by atoms with Crippen molar-refractivity contribution in [3.05, 3.63) is 65.0 Å². The van der Waals surface area contributed by atoms with Gasteiger partial charge in [-0.05, 0) is 35.9 Å². The Morgan fingerprint density at radius 3 is 2.33 bits per heavy atom. The summed E-state index contributed by atoms with van der Waals surface area (Å²) in [6, 6.07) is 9.53. The molecule has 2 aromatic carbocycles. The zero-order valence-electron chi connectivity index (χ0n) is 15.0. The highest BCUT2D eigenvalue weighted by atomic mass is 19.1. The van der Waals surface area contributed by atoms with Crippen LogP contribution in [0.15, 0.2) is 48.0 Å². The maximum Gasteiger partial charge on any atom is 0.295 e. The van der Waals surface area contributed by atoms with Gasteiger partial charge in [-0.3, -0.25) is 9.59 Å². The zero-order valence-corrected chi connectivity index (χ0v) is 15.0. The highest BCUT2D eigenvalue weighted by Gasteiger charge is 2.44. The van der Waals surface area contributed by atoms with Crippen molar-refractivity contribution in [2.24, 2.45) is 0 Å². The van der Waals surface area contributed by atoms with E-state index in [2.05, 4.69) is 0 Å². The Morgan fingerprint density at radius 1 is 1.07 bits per heavy atom. The molecule has 1 unspecified atom stereocenters. The van der Waals surface area contributed by atoms with Crippen LogP contribution in [0.25, 0.3) is 5.76 Å². The number of methoxy groups -OCH3 is 2. The molecule has 27 heavy (non-hydrogen) atoms. The number of halogens is 1. The number of Topliss-reactive ketones (excluding diaryl/α,β-unsaturated/α-hetero) is 1. The zero-order chi connectivity index (χ0) is 19.7. The predicted octanol–water partition coefficient (Wildman–Crippen LogP) is 2.89. The number of aliphatic hydroxyl groups is 1. The number of benzene rings is 2. The van der Waals surface area contributed by atoms with Gasteiger partial charge in [0.1, 0.15) is 23.1 Å². The van der Waals surface area contributed by atoms with Crippen LogP contribution in [0.1, 0.15) is 17.2 Å². The first kappa shape index (κ1) is 18.4. The summed E-state index contributed by atoms with van der Waals surface area (Å²) in [5.41, 5.74) is 0.480. The number of likely N-dealkylation sites (N-methyl/N-ethyl adjacent to an activating group) is 1. The molecule has 140 valence electrons. The van der Waals surface area contributed by atoms with Crippen LogP contribution in [-0.2, 0) is 9.59 Å². The third kappa shape index (κ3) is 3.12. The smallest absolute Gasteiger partial charge is 0.295 e. The molecule has 0 radical (unpaired) electrons. The topological polar surface area (TPSA) is 76.1 Å². The van der Waals surface area contributed by atoms with Crippen LogP contribution in [-0.4, -0.2) is 43.0 Å². The number of rotatable bonds is 4. The molecular weight excluding hydrogens is 353 g/mol. The van der Waals surface area contributed by atoms with Gasteiger partial charge in [-0.15, -0.1) is 0 Å². The lowest BCUT2D eigenvalue weighted by Crippen LogP contribution is -2.24. The van der Waals surface area contributed by atoms with Crippen molar-refractivity contribution in [2.75, 3.05) is 21.3 Å². The summed E-state index contributed by atoms with van der Waals surface area (Å²) in [6.07, 6.45) is 0. The number of likely N-dealkylation sites (tertiary alicyclic amines) is 1. The Balaban J connectivity index is 2.20. The summed E-state index contributed by atoms with van der Waals surface area (Å²) in [5.74, 6) is -1.91. The van der Waals surface area contributed by atoms with Crippen molar-refractivity contribution in [3.63, 3.8) is 0 Å². The van der Waals surface area contributed by atoms with Crippen molar-refractivity contribution in [2.45, 2.75) is 6.04 Å². The Kier molecular flexibility index (Phi) is 4.85. The number of ketones is 1. The minimum atomic E-state index is -0.845. The maximum atomic E-state index is 13.7. The largest absolute Gasteiger partial charge is 0.507 e. The van der Waals surface area contributed by atoms with E-state index in [1.807, 2.05) is 0 Å². The average molecular weight is 371 g/mol. The summed E-state index contributed by atoms with van der Waals surface area (Å²) in [4.78, 5) is 26.1. The lowest BCUT2D eigenvalue weighted by atomic mass is 9.95. The Labute approximate surface area is 155 Å². The van der Waals surface area contributed by atoms with Gasteiger partial charge >= 0.3 is 0 Å². The molecule has 1 aliphatic rings. The minimum Gasteiger partial charge on any atom is -0.507 e. The molecule has 1 heterocycles. The summed E-state index contributed by atoms with van der Waals surface area (Å²) in [5, 5.41) is 10.8. The van der Waals surface area contributed by atoms with E-state index in [1.54, 1.807) is 24.3 Å². The van der Waals surface area contributed by atoms with Gasteiger partial charge in [0.25, 0.3) is 11.7 Å². The van der Waals surface area contributed by atoms with Crippen molar-refractivity contribution >= 4 is 17.4 Å². The number of ether oxygens (including phenoxy) is 2. The molecule has 1 saturated heterocycles. The van der Waals surface area contributed by atoms with E-state index in [-0.39, 0.29) is 16.9 Å². The summed E-state index contributed by atoms with van der Waals surface area (Å²) in [7, 11) is 4.36. The van der Waals surface area contributed by atoms with Crippen LogP contribution >= 0.6 is 0 Å². The number of amides is 1. The molecule has 1 N–H and O–H groups in total. The molecule has 0 aromatic heterocycles. The molecule has 6 nitrogen and oxygen atoms in total. The first-order chi connectivity index (χ1) is 12.9. The highest BCUT2D eigenvalue weighted by molar-refractivity contribution is 6.46. The Bertz CT molecular complexity index is 936. The molecule has 1 aliphatic heterocycles. The van der Waals surface area contributed by atoms with Crippen LogP contribution < -0.4 is 9.47 Å². The van der Waals surface area contributed by atoms with Crippen LogP contribution in [0.2, 0.25) is 0 Å². The van der Waals surface area contributed by atoms with E-state index < -0.39 is 29.3 Å². The third-order valence-electron chi connectivity index (χ3n) is 4.52. The molecule has 0 aliphatic carbocycles. The van der Waals surface area contributed by atoms with Gasteiger partial charge in [-0.25, -0.2) is 4.39 Å². The van der Waals surface area contributed by atoms with Crippen LogP contribution in [0.3, 0.4) is 0 Å². The summed E-state index contributed by atoms with van der Waals surface area (Å²) >= 11 is 0. The normalized spacial score (nSPS) is 18.7. The van der Waals surface area contributed by atoms with Crippen molar-refractivity contribution in [1.82, 2.24) is 4.90 Å². The average Bonchev–Trinajstić information content (AvgIpc) is 2.91.